The van der Waals surface area contributed by atoms with Crippen LogP contribution in [0.4, 0.5) is 19.0 Å². The van der Waals surface area contributed by atoms with Gasteiger partial charge in [0.05, 0.1) is 5.02 Å². The molecule has 0 aliphatic heterocycles. The number of hydrogen-bond acceptors (Lipinski definition) is 3. The number of carbonyl (C=O) groups excluding carboxylic acids is 1. The number of alkyl halides is 3. The molecular formula is C11H11ClF3N3O. The Kier molecular flexibility index (Phi) is 3.58. The van der Waals surface area contributed by atoms with Gasteiger partial charge in [-0.3, -0.25) is 4.79 Å². The molecule has 0 radical (unpaired) electrons. The van der Waals surface area contributed by atoms with Crippen LogP contribution >= 0.6 is 11.6 Å². The second kappa shape index (κ2) is 4.88. The summed E-state index contributed by atoms with van der Waals surface area (Å²) in [5.41, 5.74) is 5.18. The first-order valence-electron chi connectivity index (χ1n) is 5.57. The predicted octanol–water partition coefficient (Wildman–Crippen LogP) is 2.48. The summed E-state index contributed by atoms with van der Waals surface area (Å²) in [4.78, 5) is 16.6. The van der Waals surface area contributed by atoms with Crippen molar-refractivity contribution in [3.8, 4) is 0 Å². The molecule has 0 spiro atoms. The molecule has 4 nitrogen and oxygen atoms in total. The van der Waals surface area contributed by atoms with Crippen molar-refractivity contribution in [1.29, 1.82) is 0 Å². The second-order valence-corrected chi connectivity index (χ2v) is 4.75. The van der Waals surface area contributed by atoms with Crippen molar-refractivity contribution < 1.29 is 18.0 Å². The van der Waals surface area contributed by atoms with Gasteiger partial charge in [0.2, 0.25) is 0 Å². The molecule has 1 aliphatic rings. The van der Waals surface area contributed by atoms with E-state index in [-0.39, 0.29) is 16.5 Å². The van der Waals surface area contributed by atoms with Crippen LogP contribution < -0.4 is 5.73 Å². The average molecular weight is 294 g/mol. The van der Waals surface area contributed by atoms with Crippen LogP contribution in [0.2, 0.25) is 5.02 Å². The van der Waals surface area contributed by atoms with E-state index in [4.69, 9.17) is 17.3 Å². The van der Waals surface area contributed by atoms with E-state index in [1.807, 2.05) is 0 Å². The number of carbonyl (C=O) groups is 1. The highest BCUT2D eigenvalue weighted by atomic mass is 35.5. The van der Waals surface area contributed by atoms with Crippen molar-refractivity contribution in [2.24, 2.45) is 0 Å². The minimum absolute atomic E-state index is 0.00738. The minimum Gasteiger partial charge on any atom is -0.384 e. The molecule has 104 valence electrons. The monoisotopic (exact) mass is 293 g/mol. The molecule has 1 amide bonds. The molecule has 8 heteroatoms. The first-order chi connectivity index (χ1) is 8.78. The summed E-state index contributed by atoms with van der Waals surface area (Å²) in [6.07, 6.45) is -3.34. The van der Waals surface area contributed by atoms with Gasteiger partial charge in [0, 0.05) is 6.04 Å². The standard InChI is InChI=1S/C11H11ClF3N3O/c12-7-3-4-8(16)17-9(7)10(19)18(6-1-2-6)5-11(13,14)15/h3-4,6H,1-2,5H2,(H2,16,17). The zero-order valence-electron chi connectivity index (χ0n) is 9.75. The summed E-state index contributed by atoms with van der Waals surface area (Å²) >= 11 is 5.78. The molecule has 0 unspecified atom stereocenters. The van der Waals surface area contributed by atoms with Crippen LogP contribution in [0.25, 0.3) is 0 Å². The molecule has 1 aliphatic carbocycles. The van der Waals surface area contributed by atoms with E-state index in [0.717, 1.165) is 4.90 Å². The smallest absolute Gasteiger partial charge is 0.384 e. The van der Waals surface area contributed by atoms with Crippen LogP contribution in [0.1, 0.15) is 23.3 Å². The molecule has 2 rings (SSSR count). The van der Waals surface area contributed by atoms with E-state index in [2.05, 4.69) is 4.98 Å². The van der Waals surface area contributed by atoms with Gasteiger partial charge in [0.25, 0.3) is 5.91 Å². The quantitative estimate of drug-likeness (QED) is 0.931. The van der Waals surface area contributed by atoms with E-state index in [0.29, 0.717) is 12.8 Å². The van der Waals surface area contributed by atoms with E-state index in [9.17, 15) is 18.0 Å². The number of nitrogens with two attached hydrogens (primary N) is 1. The highest BCUT2D eigenvalue weighted by Gasteiger charge is 2.41. The Morgan fingerprint density at radius 3 is 2.63 bits per heavy atom. The van der Waals surface area contributed by atoms with Crippen LogP contribution in [-0.2, 0) is 0 Å². The summed E-state index contributed by atoms with van der Waals surface area (Å²) < 4.78 is 37.4. The Morgan fingerprint density at radius 2 is 2.11 bits per heavy atom. The minimum atomic E-state index is -4.45. The lowest BCUT2D eigenvalue weighted by Gasteiger charge is -2.23. The van der Waals surface area contributed by atoms with Crippen molar-refractivity contribution in [1.82, 2.24) is 9.88 Å². The van der Waals surface area contributed by atoms with Gasteiger partial charge in [-0.05, 0) is 25.0 Å². The maximum absolute atomic E-state index is 12.5. The van der Waals surface area contributed by atoms with Gasteiger partial charge in [-0.2, -0.15) is 13.2 Å². The van der Waals surface area contributed by atoms with Crippen molar-refractivity contribution in [3.63, 3.8) is 0 Å². The summed E-state index contributed by atoms with van der Waals surface area (Å²) in [6.45, 7) is -1.30. The van der Waals surface area contributed by atoms with Crippen molar-refractivity contribution in [2.75, 3.05) is 12.3 Å². The number of halogens is 4. The summed E-state index contributed by atoms with van der Waals surface area (Å²) in [6, 6.07) is 2.33. The Morgan fingerprint density at radius 1 is 1.47 bits per heavy atom. The number of nitrogen functional groups attached to an aromatic ring is 1. The summed E-state index contributed by atoms with van der Waals surface area (Å²) in [7, 11) is 0. The van der Waals surface area contributed by atoms with Crippen molar-refractivity contribution in [2.45, 2.75) is 25.1 Å². The molecule has 1 heterocycles. The fourth-order valence-electron chi connectivity index (χ4n) is 1.69. The van der Waals surface area contributed by atoms with Crippen LogP contribution in [-0.4, -0.2) is 34.6 Å². The molecule has 0 saturated heterocycles. The van der Waals surface area contributed by atoms with Crippen LogP contribution in [0.5, 0.6) is 0 Å². The van der Waals surface area contributed by atoms with Crippen LogP contribution in [0.15, 0.2) is 12.1 Å². The van der Waals surface area contributed by atoms with Gasteiger partial charge in [-0.1, -0.05) is 11.6 Å². The molecule has 19 heavy (non-hydrogen) atoms. The second-order valence-electron chi connectivity index (χ2n) is 4.35. The average Bonchev–Trinajstić information content (AvgIpc) is 3.11. The molecule has 0 atom stereocenters. The van der Waals surface area contributed by atoms with E-state index in [1.54, 1.807) is 0 Å². The maximum Gasteiger partial charge on any atom is 0.406 e. The molecule has 2 N–H and O–H groups in total. The number of aromatic nitrogens is 1. The van der Waals surface area contributed by atoms with E-state index < -0.39 is 24.7 Å². The highest BCUT2D eigenvalue weighted by molar-refractivity contribution is 6.33. The largest absolute Gasteiger partial charge is 0.406 e. The molecule has 0 bridgehead atoms. The van der Waals surface area contributed by atoms with Gasteiger partial charge in [-0.25, -0.2) is 4.98 Å². The Labute approximate surface area is 112 Å². The third-order valence-electron chi connectivity index (χ3n) is 2.67. The molecule has 1 fully saturated rings. The number of pyridine rings is 1. The fourth-order valence-corrected chi connectivity index (χ4v) is 1.88. The Hall–Kier alpha value is -1.50. The lowest BCUT2D eigenvalue weighted by molar-refractivity contribution is -0.141. The lowest BCUT2D eigenvalue weighted by atomic mass is 10.3. The van der Waals surface area contributed by atoms with Crippen molar-refractivity contribution >= 4 is 23.3 Å². The number of hydrogen-bond donors (Lipinski definition) is 1. The Bertz CT molecular complexity index is 502. The van der Waals surface area contributed by atoms with Crippen LogP contribution in [0, 0.1) is 0 Å². The molecule has 0 aromatic carbocycles. The van der Waals surface area contributed by atoms with Gasteiger partial charge >= 0.3 is 6.18 Å². The Balaban J connectivity index is 2.26. The first kappa shape index (κ1) is 13.9. The normalized spacial score (nSPS) is 15.4. The maximum atomic E-state index is 12.5. The third kappa shape index (κ3) is 3.50. The number of amides is 1. The topological polar surface area (TPSA) is 59.2 Å². The van der Waals surface area contributed by atoms with Gasteiger partial charge < -0.3 is 10.6 Å². The molecule has 1 aromatic heterocycles. The number of nitrogens with zero attached hydrogens (tertiary/aromatic N) is 2. The highest BCUT2D eigenvalue weighted by Crippen LogP contribution is 2.32. The van der Waals surface area contributed by atoms with Gasteiger partial charge in [0.1, 0.15) is 18.1 Å². The van der Waals surface area contributed by atoms with Gasteiger partial charge in [-0.15, -0.1) is 0 Å². The molecule has 1 aromatic rings. The SMILES string of the molecule is Nc1ccc(Cl)c(C(=O)N(CC(F)(F)F)C2CC2)n1. The first-order valence-corrected chi connectivity index (χ1v) is 5.95. The zero-order chi connectivity index (χ0) is 14.2. The van der Waals surface area contributed by atoms with Crippen molar-refractivity contribution in [3.05, 3.63) is 22.8 Å². The fraction of sp³-hybridized carbons (Fsp3) is 0.455. The lowest BCUT2D eigenvalue weighted by Crippen LogP contribution is -2.41. The number of anilines is 1. The van der Waals surface area contributed by atoms with E-state index >= 15 is 0 Å². The number of rotatable bonds is 3. The van der Waals surface area contributed by atoms with Gasteiger partial charge in [0.15, 0.2) is 0 Å². The predicted molar refractivity (Wildman–Crippen MR) is 63.8 cm³/mol. The van der Waals surface area contributed by atoms with Crippen LogP contribution in [0.3, 0.4) is 0 Å². The molecule has 1 saturated carbocycles. The molecular weight excluding hydrogens is 283 g/mol. The zero-order valence-corrected chi connectivity index (χ0v) is 10.5. The summed E-state index contributed by atoms with van der Waals surface area (Å²) in [5.74, 6) is -0.798. The third-order valence-corrected chi connectivity index (χ3v) is 2.97. The summed E-state index contributed by atoms with van der Waals surface area (Å²) in [5, 5.41) is -0.00738. The van der Waals surface area contributed by atoms with E-state index in [1.165, 1.54) is 12.1 Å².